The van der Waals surface area contributed by atoms with Crippen LogP contribution in [0.5, 0.6) is 0 Å². The maximum absolute atomic E-state index is 10.4. The van der Waals surface area contributed by atoms with Crippen molar-refractivity contribution in [2.45, 2.75) is 36.5 Å². The van der Waals surface area contributed by atoms with Crippen molar-refractivity contribution >= 4 is 17.7 Å². The van der Waals surface area contributed by atoms with Gasteiger partial charge in [0.15, 0.2) is 0 Å². The smallest absolute Gasteiger partial charge is 0.304 e. The largest absolute Gasteiger partial charge is 0.481 e. The normalized spacial score (nSPS) is 22.8. The summed E-state index contributed by atoms with van der Waals surface area (Å²) >= 11 is 1.72. The highest BCUT2D eigenvalue weighted by atomic mass is 32.2. The van der Waals surface area contributed by atoms with Gasteiger partial charge >= 0.3 is 5.97 Å². The lowest BCUT2D eigenvalue weighted by molar-refractivity contribution is -0.137. The van der Waals surface area contributed by atoms with E-state index in [1.54, 1.807) is 11.8 Å². The van der Waals surface area contributed by atoms with Crippen molar-refractivity contribution in [1.82, 2.24) is 0 Å². The van der Waals surface area contributed by atoms with Crippen molar-refractivity contribution in [2.24, 2.45) is 5.73 Å². The summed E-state index contributed by atoms with van der Waals surface area (Å²) in [6.45, 7) is 0. The van der Waals surface area contributed by atoms with E-state index in [2.05, 4.69) is 0 Å². The Balaban J connectivity index is 2.48. The Kier molecular flexibility index (Phi) is 3.01. The lowest BCUT2D eigenvalue weighted by Gasteiger charge is -2.44. The first-order valence-corrected chi connectivity index (χ1v) is 5.36. The van der Waals surface area contributed by atoms with Crippen LogP contribution >= 0.6 is 11.8 Å². The van der Waals surface area contributed by atoms with Crippen LogP contribution in [0, 0.1) is 0 Å². The molecule has 70 valence electrons. The molecule has 0 heterocycles. The van der Waals surface area contributed by atoms with E-state index in [1.165, 1.54) is 6.42 Å². The molecular weight excluding hydrogens is 174 g/mol. The van der Waals surface area contributed by atoms with Crippen LogP contribution in [-0.2, 0) is 4.79 Å². The summed E-state index contributed by atoms with van der Waals surface area (Å²) in [6, 6.07) is -0.182. The molecule has 0 aliphatic heterocycles. The molecule has 1 aliphatic rings. The molecule has 3 N–H and O–H groups in total. The number of carboxylic acid groups (broad SMARTS) is 1. The molecule has 0 aromatic rings. The van der Waals surface area contributed by atoms with Crippen LogP contribution in [-0.4, -0.2) is 28.1 Å². The summed E-state index contributed by atoms with van der Waals surface area (Å²) in [7, 11) is 0. The molecule has 0 spiro atoms. The van der Waals surface area contributed by atoms with Crippen molar-refractivity contribution < 1.29 is 9.90 Å². The van der Waals surface area contributed by atoms with Gasteiger partial charge in [0.2, 0.25) is 0 Å². The van der Waals surface area contributed by atoms with Gasteiger partial charge in [0, 0.05) is 10.8 Å². The Morgan fingerprint density at radius 1 is 1.75 bits per heavy atom. The van der Waals surface area contributed by atoms with Gasteiger partial charge in [-0.3, -0.25) is 4.79 Å². The number of rotatable bonds is 4. The first-order valence-electron chi connectivity index (χ1n) is 4.13. The van der Waals surface area contributed by atoms with Crippen molar-refractivity contribution in [3.8, 4) is 0 Å². The summed E-state index contributed by atoms with van der Waals surface area (Å²) in [6.07, 6.45) is 5.45. The fraction of sp³-hybridized carbons (Fsp3) is 0.875. The van der Waals surface area contributed by atoms with E-state index in [0.29, 0.717) is 0 Å². The van der Waals surface area contributed by atoms with Crippen molar-refractivity contribution in [2.75, 3.05) is 6.26 Å². The van der Waals surface area contributed by atoms with Gasteiger partial charge in [-0.1, -0.05) is 6.42 Å². The zero-order chi connectivity index (χ0) is 9.19. The topological polar surface area (TPSA) is 63.3 Å². The Morgan fingerprint density at radius 3 is 2.58 bits per heavy atom. The summed E-state index contributed by atoms with van der Waals surface area (Å²) < 4.78 is 0.0678. The first kappa shape index (κ1) is 9.86. The minimum atomic E-state index is -0.789. The van der Waals surface area contributed by atoms with Gasteiger partial charge in [0.1, 0.15) is 0 Å². The van der Waals surface area contributed by atoms with Gasteiger partial charge in [-0.25, -0.2) is 0 Å². The molecule has 12 heavy (non-hydrogen) atoms. The highest BCUT2D eigenvalue weighted by Gasteiger charge is 2.42. The first-order chi connectivity index (χ1) is 5.60. The predicted molar refractivity (Wildman–Crippen MR) is 50.3 cm³/mol. The second-order valence-electron chi connectivity index (χ2n) is 3.33. The van der Waals surface area contributed by atoms with Crippen LogP contribution < -0.4 is 5.73 Å². The Morgan fingerprint density at radius 2 is 2.33 bits per heavy atom. The van der Waals surface area contributed by atoms with E-state index in [9.17, 15) is 4.79 Å². The number of carbonyl (C=O) groups is 1. The highest BCUT2D eigenvalue weighted by molar-refractivity contribution is 8.00. The maximum atomic E-state index is 10.4. The molecule has 1 unspecified atom stereocenters. The Labute approximate surface area is 76.7 Å². The van der Waals surface area contributed by atoms with Crippen LogP contribution in [0.25, 0.3) is 0 Å². The third kappa shape index (κ3) is 1.75. The van der Waals surface area contributed by atoms with Gasteiger partial charge in [-0.05, 0) is 19.1 Å². The molecule has 1 fully saturated rings. The molecule has 0 radical (unpaired) electrons. The second kappa shape index (κ2) is 3.66. The number of nitrogens with two attached hydrogens (primary N) is 1. The van der Waals surface area contributed by atoms with Crippen molar-refractivity contribution in [1.29, 1.82) is 0 Å². The quantitative estimate of drug-likeness (QED) is 0.694. The molecule has 4 heteroatoms. The van der Waals surface area contributed by atoms with Crippen LogP contribution in [0.2, 0.25) is 0 Å². The summed E-state index contributed by atoms with van der Waals surface area (Å²) in [5, 5.41) is 8.57. The van der Waals surface area contributed by atoms with Gasteiger partial charge < -0.3 is 10.8 Å². The van der Waals surface area contributed by atoms with Crippen molar-refractivity contribution in [3.05, 3.63) is 0 Å². The zero-order valence-corrected chi connectivity index (χ0v) is 8.06. The third-order valence-corrected chi connectivity index (χ3v) is 4.20. The van der Waals surface area contributed by atoms with E-state index in [1.807, 2.05) is 6.26 Å². The van der Waals surface area contributed by atoms with Gasteiger partial charge in [-0.2, -0.15) is 11.8 Å². The molecule has 1 atom stereocenters. The minimum absolute atomic E-state index is 0.0678. The fourth-order valence-corrected chi connectivity index (χ4v) is 2.71. The molecule has 1 saturated carbocycles. The van der Waals surface area contributed by atoms with Crippen molar-refractivity contribution in [3.63, 3.8) is 0 Å². The molecule has 1 aliphatic carbocycles. The van der Waals surface area contributed by atoms with E-state index in [-0.39, 0.29) is 17.2 Å². The molecule has 0 amide bonds. The Bertz CT molecular complexity index is 174. The SMILES string of the molecule is CSC1(C(N)CC(=O)O)CCC1. The monoisotopic (exact) mass is 189 g/mol. The van der Waals surface area contributed by atoms with E-state index >= 15 is 0 Å². The number of carboxylic acids is 1. The maximum Gasteiger partial charge on any atom is 0.304 e. The van der Waals surface area contributed by atoms with E-state index < -0.39 is 5.97 Å². The van der Waals surface area contributed by atoms with Gasteiger partial charge in [0.25, 0.3) is 0 Å². The number of hydrogen-bond donors (Lipinski definition) is 2. The molecule has 0 bridgehead atoms. The molecule has 1 rings (SSSR count). The highest BCUT2D eigenvalue weighted by Crippen LogP contribution is 2.45. The fourth-order valence-electron chi connectivity index (χ4n) is 1.63. The number of hydrogen-bond acceptors (Lipinski definition) is 3. The van der Waals surface area contributed by atoms with Crippen LogP contribution in [0.15, 0.2) is 0 Å². The molecule has 0 aromatic carbocycles. The standard InChI is InChI=1S/C8H15NO2S/c1-12-8(3-2-4-8)6(9)5-7(10)11/h6H,2-5,9H2,1H3,(H,10,11). The van der Waals surface area contributed by atoms with E-state index in [0.717, 1.165) is 12.8 Å². The lowest BCUT2D eigenvalue weighted by Crippen LogP contribution is -2.51. The molecule has 3 nitrogen and oxygen atoms in total. The van der Waals surface area contributed by atoms with Crippen LogP contribution in [0.3, 0.4) is 0 Å². The Hall–Kier alpha value is -0.220. The van der Waals surface area contributed by atoms with Gasteiger partial charge in [-0.15, -0.1) is 0 Å². The molecular formula is C8H15NO2S. The summed E-state index contributed by atoms with van der Waals surface area (Å²) in [5.41, 5.74) is 5.82. The summed E-state index contributed by atoms with van der Waals surface area (Å²) in [5.74, 6) is -0.789. The molecule has 0 aromatic heterocycles. The second-order valence-corrected chi connectivity index (χ2v) is 4.55. The number of thioether (sulfide) groups is 1. The average Bonchev–Trinajstić information content (AvgIpc) is 1.83. The predicted octanol–water partition coefficient (Wildman–Crippen LogP) is 1.07. The van der Waals surface area contributed by atoms with Crippen LogP contribution in [0.4, 0.5) is 0 Å². The zero-order valence-electron chi connectivity index (χ0n) is 7.25. The molecule has 0 saturated heterocycles. The van der Waals surface area contributed by atoms with Crippen LogP contribution in [0.1, 0.15) is 25.7 Å². The minimum Gasteiger partial charge on any atom is -0.481 e. The van der Waals surface area contributed by atoms with Gasteiger partial charge in [0.05, 0.1) is 6.42 Å². The summed E-state index contributed by atoms with van der Waals surface area (Å²) in [4.78, 5) is 10.4. The van der Waals surface area contributed by atoms with E-state index in [4.69, 9.17) is 10.8 Å². The average molecular weight is 189 g/mol. The third-order valence-electron chi connectivity index (χ3n) is 2.68. The lowest BCUT2D eigenvalue weighted by atomic mass is 9.78. The number of aliphatic carboxylic acids is 1.